The van der Waals surface area contributed by atoms with Gasteiger partial charge in [-0.2, -0.15) is 0 Å². The number of anilines is 1. The Bertz CT molecular complexity index is 619. The average Bonchev–Trinajstić information content (AvgIpc) is 2.63. The Hall–Kier alpha value is -2.24. The van der Waals surface area contributed by atoms with E-state index in [-0.39, 0.29) is 12.3 Å². The highest BCUT2D eigenvalue weighted by Gasteiger charge is 2.44. The van der Waals surface area contributed by atoms with Crippen molar-refractivity contribution < 1.29 is 18.8 Å². The van der Waals surface area contributed by atoms with Gasteiger partial charge in [0.1, 0.15) is 11.9 Å². The van der Waals surface area contributed by atoms with Crippen LogP contribution in [0.15, 0.2) is 24.3 Å². The summed E-state index contributed by atoms with van der Waals surface area (Å²) in [5, 5.41) is 0. The number of hydrogen-bond acceptors (Lipinski definition) is 3. The van der Waals surface area contributed by atoms with E-state index >= 15 is 0 Å². The van der Waals surface area contributed by atoms with Crippen LogP contribution in [-0.2, 0) is 9.59 Å². The molecule has 1 aliphatic heterocycles. The van der Waals surface area contributed by atoms with Gasteiger partial charge in [-0.25, -0.2) is 9.18 Å². The van der Waals surface area contributed by atoms with Gasteiger partial charge in [0, 0.05) is 11.1 Å². The predicted octanol–water partition coefficient (Wildman–Crippen LogP) is 2.60. The van der Waals surface area contributed by atoms with E-state index in [1.807, 2.05) is 0 Å². The van der Waals surface area contributed by atoms with Crippen molar-refractivity contribution in [1.29, 1.82) is 0 Å². The number of carbonyl (C=O) groups excluding carboxylic acids is 3. The van der Waals surface area contributed by atoms with Crippen LogP contribution in [0.5, 0.6) is 0 Å². The number of rotatable bonds is 3. The molecule has 0 spiro atoms. The van der Waals surface area contributed by atoms with Crippen molar-refractivity contribution >= 4 is 23.4 Å². The summed E-state index contributed by atoms with van der Waals surface area (Å²) in [6.45, 7) is 6.55. The molecule has 0 aliphatic carbocycles. The summed E-state index contributed by atoms with van der Waals surface area (Å²) in [4.78, 5) is 39.1. The van der Waals surface area contributed by atoms with E-state index in [1.165, 1.54) is 29.2 Å². The first kappa shape index (κ1) is 16.1. The van der Waals surface area contributed by atoms with Crippen molar-refractivity contribution in [2.24, 2.45) is 5.41 Å². The molecular formula is C16H19FN2O3. The van der Waals surface area contributed by atoms with Crippen LogP contribution in [0.3, 0.4) is 0 Å². The third-order valence-corrected chi connectivity index (χ3v) is 3.69. The van der Waals surface area contributed by atoms with Gasteiger partial charge in [0.2, 0.25) is 0 Å². The van der Waals surface area contributed by atoms with Crippen molar-refractivity contribution in [3.05, 3.63) is 30.1 Å². The molecule has 3 amide bonds. The van der Waals surface area contributed by atoms with Gasteiger partial charge in [-0.05, 0) is 31.2 Å². The Morgan fingerprint density at radius 1 is 1.18 bits per heavy atom. The molecule has 6 heteroatoms. The number of halogens is 1. The predicted molar refractivity (Wildman–Crippen MR) is 79.9 cm³/mol. The highest BCUT2D eigenvalue weighted by molar-refractivity contribution is 6.15. The van der Waals surface area contributed by atoms with Gasteiger partial charge in [0.15, 0.2) is 5.78 Å². The lowest BCUT2D eigenvalue weighted by Gasteiger charge is -2.21. The lowest BCUT2D eigenvalue weighted by atomic mass is 9.90. The minimum Gasteiger partial charge on any atom is -0.297 e. The minimum atomic E-state index is -0.717. The molecule has 0 saturated carbocycles. The maximum atomic E-state index is 13.0. The van der Waals surface area contributed by atoms with Crippen LogP contribution in [0.25, 0.3) is 0 Å². The second-order valence-electron chi connectivity index (χ2n) is 6.40. The fraction of sp³-hybridized carbons (Fsp3) is 0.438. The molecule has 0 radical (unpaired) electrons. The lowest BCUT2D eigenvalue weighted by molar-refractivity contribution is -0.134. The van der Waals surface area contributed by atoms with Gasteiger partial charge >= 0.3 is 6.03 Å². The molecular weight excluding hydrogens is 287 g/mol. The van der Waals surface area contributed by atoms with Gasteiger partial charge in [-0.1, -0.05) is 20.8 Å². The number of benzene rings is 1. The van der Waals surface area contributed by atoms with Crippen LogP contribution in [0.2, 0.25) is 0 Å². The van der Waals surface area contributed by atoms with E-state index in [0.717, 1.165) is 4.90 Å². The van der Waals surface area contributed by atoms with Gasteiger partial charge in [0.25, 0.3) is 5.91 Å². The largest absolute Gasteiger partial charge is 0.332 e. The summed E-state index contributed by atoms with van der Waals surface area (Å²) in [6, 6.07) is 4.05. The molecule has 22 heavy (non-hydrogen) atoms. The van der Waals surface area contributed by atoms with E-state index in [0.29, 0.717) is 5.69 Å². The number of hydrogen-bond donors (Lipinski definition) is 0. The number of urea groups is 1. The molecule has 1 fully saturated rings. The quantitative estimate of drug-likeness (QED) is 0.807. The molecule has 1 aromatic carbocycles. The Kier molecular flexibility index (Phi) is 4.04. The Morgan fingerprint density at radius 3 is 2.23 bits per heavy atom. The Morgan fingerprint density at radius 2 is 1.73 bits per heavy atom. The zero-order chi connectivity index (χ0) is 16.7. The zero-order valence-corrected chi connectivity index (χ0v) is 13.1. The third kappa shape index (κ3) is 2.86. The number of ketones is 1. The number of nitrogens with zero attached hydrogens (tertiary/aromatic N) is 2. The standard InChI is InChI=1S/C16H19FN2O3/c1-10-14(21)18(9-13(20)16(2,3)4)15(22)19(10)12-7-5-11(17)6-8-12/h5-8,10H,9H2,1-4H3/t10-/m0/s1. The molecule has 0 unspecified atom stereocenters. The topological polar surface area (TPSA) is 57.7 Å². The van der Waals surface area contributed by atoms with Crippen LogP contribution >= 0.6 is 0 Å². The average molecular weight is 306 g/mol. The highest BCUT2D eigenvalue weighted by Crippen LogP contribution is 2.27. The molecule has 1 saturated heterocycles. The molecule has 1 aliphatic rings. The molecule has 0 aromatic heterocycles. The maximum Gasteiger partial charge on any atom is 0.332 e. The van der Waals surface area contributed by atoms with Gasteiger partial charge in [0.05, 0.1) is 6.54 Å². The van der Waals surface area contributed by atoms with E-state index in [4.69, 9.17) is 0 Å². The molecule has 2 rings (SSSR count). The third-order valence-electron chi connectivity index (χ3n) is 3.69. The Balaban J connectivity index is 2.26. The van der Waals surface area contributed by atoms with Crippen LogP contribution in [0, 0.1) is 11.2 Å². The van der Waals surface area contributed by atoms with Crippen LogP contribution in [-0.4, -0.2) is 35.2 Å². The molecule has 1 heterocycles. The first-order valence-electron chi connectivity index (χ1n) is 7.06. The Labute approximate surface area is 128 Å². The first-order chi connectivity index (χ1) is 10.1. The second kappa shape index (κ2) is 5.51. The highest BCUT2D eigenvalue weighted by atomic mass is 19.1. The van der Waals surface area contributed by atoms with Gasteiger partial charge in [-0.15, -0.1) is 0 Å². The van der Waals surface area contributed by atoms with Crippen LogP contribution in [0.4, 0.5) is 14.9 Å². The normalized spacial score (nSPS) is 19.0. The van der Waals surface area contributed by atoms with Crippen molar-refractivity contribution in [3.63, 3.8) is 0 Å². The van der Waals surface area contributed by atoms with Crippen molar-refractivity contribution in [3.8, 4) is 0 Å². The SMILES string of the molecule is C[C@H]1C(=O)N(CC(=O)C(C)(C)C)C(=O)N1c1ccc(F)cc1. The molecule has 0 N–H and O–H groups in total. The fourth-order valence-electron chi connectivity index (χ4n) is 2.19. The summed E-state index contributed by atoms with van der Waals surface area (Å²) in [5.41, 5.74) is -0.203. The minimum absolute atomic E-state index is 0.192. The van der Waals surface area contributed by atoms with Crippen LogP contribution in [0.1, 0.15) is 27.7 Å². The summed E-state index contributed by atoms with van der Waals surface area (Å²) in [6.07, 6.45) is 0. The molecule has 0 bridgehead atoms. The fourth-order valence-corrected chi connectivity index (χ4v) is 2.19. The van der Waals surface area contributed by atoms with E-state index in [9.17, 15) is 18.8 Å². The van der Waals surface area contributed by atoms with E-state index < -0.39 is 29.2 Å². The monoisotopic (exact) mass is 306 g/mol. The summed E-state index contributed by atoms with van der Waals surface area (Å²) < 4.78 is 13.0. The summed E-state index contributed by atoms with van der Waals surface area (Å²) in [5.74, 6) is -1.04. The smallest absolute Gasteiger partial charge is 0.297 e. The zero-order valence-electron chi connectivity index (χ0n) is 13.1. The molecule has 1 atom stereocenters. The number of carbonyl (C=O) groups is 3. The number of amides is 3. The molecule has 118 valence electrons. The van der Waals surface area contributed by atoms with Gasteiger partial charge in [-0.3, -0.25) is 19.4 Å². The van der Waals surface area contributed by atoms with Crippen molar-refractivity contribution in [2.75, 3.05) is 11.4 Å². The molecule has 1 aromatic rings. The second-order valence-corrected chi connectivity index (χ2v) is 6.40. The van der Waals surface area contributed by atoms with Crippen molar-refractivity contribution in [1.82, 2.24) is 4.90 Å². The maximum absolute atomic E-state index is 13.0. The molecule has 5 nitrogen and oxygen atoms in total. The van der Waals surface area contributed by atoms with Crippen LogP contribution < -0.4 is 4.90 Å². The van der Waals surface area contributed by atoms with Gasteiger partial charge < -0.3 is 0 Å². The van der Waals surface area contributed by atoms with Crippen molar-refractivity contribution in [2.45, 2.75) is 33.7 Å². The summed E-state index contributed by atoms with van der Waals surface area (Å²) in [7, 11) is 0. The lowest BCUT2D eigenvalue weighted by Crippen LogP contribution is -2.40. The van der Waals surface area contributed by atoms with E-state index in [1.54, 1.807) is 27.7 Å². The number of Topliss-reactive ketones (excluding diaryl/α,β-unsaturated/α-hetero) is 1. The number of imide groups is 1. The first-order valence-corrected chi connectivity index (χ1v) is 7.06. The van der Waals surface area contributed by atoms with E-state index in [2.05, 4.69) is 0 Å². The summed E-state index contributed by atoms with van der Waals surface area (Å²) >= 11 is 0.